The molecule has 2 heterocycles. The van der Waals surface area contributed by atoms with Crippen LogP contribution in [0.3, 0.4) is 0 Å². The zero-order valence-corrected chi connectivity index (χ0v) is 18.7. The van der Waals surface area contributed by atoms with Crippen LogP contribution >= 0.6 is 0 Å². The van der Waals surface area contributed by atoms with Gasteiger partial charge in [-0.1, -0.05) is 18.2 Å². The van der Waals surface area contributed by atoms with Gasteiger partial charge in [-0.05, 0) is 68.1 Å². The SMILES string of the molecule is Cc1cc(C)cc(NC(=O)CN2CCC3(CC2)N=C(c2ccc(C)c(C)c2)C(=O)N3)c1. The minimum absolute atomic E-state index is 0.0178. The Kier molecular flexibility index (Phi) is 5.67. The Hall–Kier alpha value is -2.99. The zero-order chi connectivity index (χ0) is 22.2. The maximum atomic E-state index is 12.6. The molecule has 2 amide bonds. The molecule has 162 valence electrons. The number of amides is 2. The van der Waals surface area contributed by atoms with Crippen molar-refractivity contribution in [2.45, 2.75) is 46.2 Å². The monoisotopic (exact) mass is 418 g/mol. The summed E-state index contributed by atoms with van der Waals surface area (Å²) in [5.41, 5.74) is 6.28. The molecule has 0 unspecified atom stereocenters. The lowest BCUT2D eigenvalue weighted by atomic mass is 9.98. The maximum Gasteiger partial charge on any atom is 0.272 e. The third-order valence-corrected chi connectivity index (χ3v) is 6.22. The number of carbonyl (C=O) groups is 2. The van der Waals surface area contributed by atoms with Crippen LogP contribution in [-0.4, -0.2) is 47.7 Å². The van der Waals surface area contributed by atoms with E-state index in [-0.39, 0.29) is 11.8 Å². The Morgan fingerprint density at radius 3 is 2.35 bits per heavy atom. The van der Waals surface area contributed by atoms with Crippen LogP contribution in [0.15, 0.2) is 41.4 Å². The van der Waals surface area contributed by atoms with Gasteiger partial charge in [0.2, 0.25) is 5.91 Å². The molecule has 31 heavy (non-hydrogen) atoms. The molecule has 2 aliphatic rings. The van der Waals surface area contributed by atoms with Crippen LogP contribution in [0, 0.1) is 27.7 Å². The highest BCUT2D eigenvalue weighted by molar-refractivity contribution is 6.46. The Balaban J connectivity index is 1.37. The number of hydrogen-bond donors (Lipinski definition) is 2. The molecule has 0 atom stereocenters. The van der Waals surface area contributed by atoms with Crippen LogP contribution in [0.4, 0.5) is 5.69 Å². The summed E-state index contributed by atoms with van der Waals surface area (Å²) in [6, 6.07) is 12.1. The largest absolute Gasteiger partial charge is 0.326 e. The molecule has 1 spiro atoms. The predicted molar refractivity (Wildman–Crippen MR) is 124 cm³/mol. The van der Waals surface area contributed by atoms with E-state index in [2.05, 4.69) is 28.5 Å². The van der Waals surface area contributed by atoms with Crippen molar-refractivity contribution in [2.75, 3.05) is 25.0 Å². The van der Waals surface area contributed by atoms with Crippen molar-refractivity contribution in [3.05, 3.63) is 64.2 Å². The number of piperidine rings is 1. The van der Waals surface area contributed by atoms with E-state index in [9.17, 15) is 9.59 Å². The number of aryl methyl sites for hydroxylation is 4. The maximum absolute atomic E-state index is 12.6. The highest BCUT2D eigenvalue weighted by Gasteiger charge is 2.42. The van der Waals surface area contributed by atoms with Gasteiger partial charge >= 0.3 is 0 Å². The van der Waals surface area contributed by atoms with Gasteiger partial charge in [-0.25, -0.2) is 0 Å². The Bertz CT molecular complexity index is 1040. The van der Waals surface area contributed by atoms with Crippen LogP contribution in [0.25, 0.3) is 0 Å². The molecular formula is C25H30N4O2. The summed E-state index contributed by atoms with van der Waals surface area (Å²) < 4.78 is 0. The molecule has 1 saturated heterocycles. The fourth-order valence-corrected chi connectivity index (χ4v) is 4.42. The second-order valence-electron chi connectivity index (χ2n) is 8.95. The van der Waals surface area contributed by atoms with Gasteiger partial charge in [0, 0.05) is 37.2 Å². The summed E-state index contributed by atoms with van der Waals surface area (Å²) in [5.74, 6) is -0.125. The standard InChI is InChI=1S/C25H30N4O2/c1-16-11-17(2)13-21(12-16)26-22(30)15-29-9-7-25(8-10-29)27-23(24(31)28-25)20-6-5-18(3)19(4)14-20/h5-6,11-14H,7-10,15H2,1-4H3,(H,26,30)(H,28,31). The molecule has 2 N–H and O–H groups in total. The number of rotatable bonds is 4. The van der Waals surface area contributed by atoms with E-state index in [1.807, 2.05) is 51.1 Å². The number of aliphatic imine (C=N–C) groups is 1. The van der Waals surface area contributed by atoms with Gasteiger partial charge in [0.25, 0.3) is 5.91 Å². The van der Waals surface area contributed by atoms with E-state index in [4.69, 9.17) is 4.99 Å². The van der Waals surface area contributed by atoms with Gasteiger partial charge in [-0.3, -0.25) is 19.5 Å². The Labute approximate surface area is 183 Å². The third kappa shape index (κ3) is 4.69. The summed E-state index contributed by atoms with van der Waals surface area (Å²) in [4.78, 5) is 32.1. The van der Waals surface area contributed by atoms with Crippen LogP contribution in [0.5, 0.6) is 0 Å². The van der Waals surface area contributed by atoms with Gasteiger partial charge in [0.1, 0.15) is 11.4 Å². The molecule has 4 rings (SSSR count). The van der Waals surface area contributed by atoms with Gasteiger partial charge in [-0.15, -0.1) is 0 Å². The number of likely N-dealkylation sites (tertiary alicyclic amines) is 1. The summed E-state index contributed by atoms with van der Waals surface area (Å²) >= 11 is 0. The lowest BCUT2D eigenvalue weighted by Gasteiger charge is -2.36. The molecule has 2 aliphatic heterocycles. The van der Waals surface area contributed by atoms with E-state index < -0.39 is 5.66 Å². The number of hydrogen-bond acceptors (Lipinski definition) is 4. The molecule has 1 fully saturated rings. The minimum atomic E-state index is -0.550. The van der Waals surface area contributed by atoms with Crippen molar-refractivity contribution in [3.63, 3.8) is 0 Å². The van der Waals surface area contributed by atoms with Crippen LogP contribution in [0.1, 0.15) is 40.7 Å². The van der Waals surface area contributed by atoms with Gasteiger partial charge in [0.05, 0.1) is 6.54 Å². The average Bonchev–Trinajstić information content (AvgIpc) is 3.01. The molecule has 6 heteroatoms. The highest BCUT2D eigenvalue weighted by Crippen LogP contribution is 2.29. The molecule has 0 radical (unpaired) electrons. The van der Waals surface area contributed by atoms with Crippen molar-refractivity contribution in [2.24, 2.45) is 4.99 Å². The summed E-state index contributed by atoms with van der Waals surface area (Å²) in [6.45, 7) is 9.91. The summed E-state index contributed by atoms with van der Waals surface area (Å²) in [6.07, 6.45) is 1.40. The molecule has 0 aromatic heterocycles. The van der Waals surface area contributed by atoms with Crippen molar-refractivity contribution in [1.29, 1.82) is 0 Å². The van der Waals surface area contributed by atoms with Crippen molar-refractivity contribution >= 4 is 23.2 Å². The molecule has 0 bridgehead atoms. The summed E-state index contributed by atoms with van der Waals surface area (Å²) in [5, 5.41) is 6.11. The Morgan fingerprint density at radius 2 is 1.71 bits per heavy atom. The number of nitrogens with one attached hydrogen (secondary N) is 2. The summed E-state index contributed by atoms with van der Waals surface area (Å²) in [7, 11) is 0. The number of anilines is 1. The fraction of sp³-hybridized carbons (Fsp3) is 0.400. The fourth-order valence-electron chi connectivity index (χ4n) is 4.42. The van der Waals surface area contributed by atoms with E-state index in [1.54, 1.807) is 0 Å². The number of carbonyl (C=O) groups excluding carboxylic acids is 2. The first-order chi connectivity index (χ1) is 14.7. The smallest absolute Gasteiger partial charge is 0.272 e. The number of benzene rings is 2. The first-order valence-electron chi connectivity index (χ1n) is 10.8. The topological polar surface area (TPSA) is 73.8 Å². The van der Waals surface area contributed by atoms with Gasteiger partial charge in [0.15, 0.2) is 0 Å². The molecular weight excluding hydrogens is 388 g/mol. The normalized spacial score (nSPS) is 18.1. The molecule has 0 aliphatic carbocycles. The average molecular weight is 419 g/mol. The molecule has 2 aromatic carbocycles. The van der Waals surface area contributed by atoms with Gasteiger partial charge in [-0.2, -0.15) is 0 Å². The second kappa shape index (κ2) is 8.27. The Morgan fingerprint density at radius 1 is 1.03 bits per heavy atom. The lowest BCUT2D eigenvalue weighted by molar-refractivity contribution is -0.119. The zero-order valence-electron chi connectivity index (χ0n) is 18.7. The molecule has 6 nitrogen and oxygen atoms in total. The van der Waals surface area contributed by atoms with E-state index >= 15 is 0 Å². The minimum Gasteiger partial charge on any atom is -0.326 e. The molecule has 0 saturated carbocycles. The van der Waals surface area contributed by atoms with Crippen LogP contribution in [0.2, 0.25) is 0 Å². The van der Waals surface area contributed by atoms with Crippen molar-refractivity contribution < 1.29 is 9.59 Å². The van der Waals surface area contributed by atoms with Crippen LogP contribution in [-0.2, 0) is 9.59 Å². The van der Waals surface area contributed by atoms with Crippen molar-refractivity contribution in [1.82, 2.24) is 10.2 Å². The first-order valence-corrected chi connectivity index (χ1v) is 10.8. The number of nitrogens with zero attached hydrogens (tertiary/aromatic N) is 2. The lowest BCUT2D eigenvalue weighted by Crippen LogP contribution is -2.52. The van der Waals surface area contributed by atoms with E-state index in [0.717, 1.165) is 27.9 Å². The molecule has 2 aromatic rings. The highest BCUT2D eigenvalue weighted by atomic mass is 16.2. The quantitative estimate of drug-likeness (QED) is 0.800. The third-order valence-electron chi connectivity index (χ3n) is 6.22. The van der Waals surface area contributed by atoms with E-state index in [0.29, 0.717) is 38.2 Å². The van der Waals surface area contributed by atoms with E-state index in [1.165, 1.54) is 5.56 Å². The second-order valence-corrected chi connectivity index (χ2v) is 8.95. The van der Waals surface area contributed by atoms with Crippen molar-refractivity contribution in [3.8, 4) is 0 Å². The first kappa shape index (κ1) is 21.2. The van der Waals surface area contributed by atoms with Crippen LogP contribution < -0.4 is 10.6 Å². The predicted octanol–water partition coefficient (Wildman–Crippen LogP) is 3.27. The van der Waals surface area contributed by atoms with Gasteiger partial charge < -0.3 is 10.6 Å².